The Hall–Kier alpha value is -1.58. The van der Waals surface area contributed by atoms with Gasteiger partial charge in [0.2, 0.25) is 5.91 Å². The second kappa shape index (κ2) is 3.29. The predicted octanol–water partition coefficient (Wildman–Crippen LogP) is 0.957. The van der Waals surface area contributed by atoms with Gasteiger partial charge in [-0.05, 0) is 18.6 Å². The lowest BCUT2D eigenvalue weighted by Crippen LogP contribution is -2.23. The van der Waals surface area contributed by atoms with E-state index in [0.29, 0.717) is 12.1 Å². The van der Waals surface area contributed by atoms with E-state index >= 15 is 0 Å². The molecule has 0 radical (unpaired) electrons. The summed E-state index contributed by atoms with van der Waals surface area (Å²) in [6.45, 7) is 0. The maximum Gasteiger partial charge on any atom is 0.222 e. The van der Waals surface area contributed by atoms with E-state index in [1.165, 1.54) is 0 Å². The molecule has 0 bridgehead atoms. The van der Waals surface area contributed by atoms with Crippen molar-refractivity contribution in [3.8, 4) is 0 Å². The van der Waals surface area contributed by atoms with Gasteiger partial charge in [-0.2, -0.15) is 0 Å². The van der Waals surface area contributed by atoms with E-state index in [2.05, 4.69) is 4.98 Å². The molecule has 74 valence electrons. The smallest absolute Gasteiger partial charge is 0.222 e. The van der Waals surface area contributed by atoms with E-state index in [-0.39, 0.29) is 11.9 Å². The van der Waals surface area contributed by atoms with Crippen molar-refractivity contribution >= 4 is 11.6 Å². The van der Waals surface area contributed by atoms with Crippen LogP contribution in [0.5, 0.6) is 0 Å². The Balaban J connectivity index is 2.23. The van der Waals surface area contributed by atoms with E-state index in [0.717, 1.165) is 12.1 Å². The Labute approximate surface area is 82.7 Å². The highest BCUT2D eigenvalue weighted by Crippen LogP contribution is 2.29. The van der Waals surface area contributed by atoms with Gasteiger partial charge in [-0.15, -0.1) is 0 Å². The van der Waals surface area contributed by atoms with Gasteiger partial charge in [0.25, 0.3) is 0 Å². The van der Waals surface area contributed by atoms with Crippen LogP contribution >= 0.6 is 0 Å². The Morgan fingerprint density at radius 3 is 2.86 bits per heavy atom. The maximum absolute atomic E-state index is 11.3. The molecule has 1 aromatic rings. The number of pyridine rings is 1. The minimum absolute atomic E-state index is 0.128. The van der Waals surface area contributed by atoms with Gasteiger partial charge in [0.15, 0.2) is 0 Å². The van der Waals surface area contributed by atoms with Gasteiger partial charge in [-0.25, -0.2) is 0 Å². The van der Waals surface area contributed by atoms with Gasteiger partial charge in [0, 0.05) is 13.5 Å². The lowest BCUT2D eigenvalue weighted by Gasteiger charge is -2.18. The number of anilines is 1. The second-order valence-corrected chi connectivity index (χ2v) is 3.58. The van der Waals surface area contributed by atoms with E-state index in [1.54, 1.807) is 11.1 Å². The van der Waals surface area contributed by atoms with Crippen LogP contribution in [-0.4, -0.2) is 22.8 Å². The van der Waals surface area contributed by atoms with E-state index in [9.17, 15) is 4.79 Å². The quantitative estimate of drug-likeness (QED) is 0.719. The number of nitrogens with two attached hydrogens (primary N) is 1. The molecule has 1 aliphatic heterocycles. The summed E-state index contributed by atoms with van der Waals surface area (Å²) in [6, 6.07) is 3.83. The van der Waals surface area contributed by atoms with Crippen molar-refractivity contribution in [2.75, 3.05) is 12.8 Å². The number of hydrogen-bond donors (Lipinski definition) is 1. The average Bonchev–Trinajstić information content (AvgIpc) is 2.50. The van der Waals surface area contributed by atoms with Crippen molar-refractivity contribution in [1.29, 1.82) is 0 Å². The Morgan fingerprint density at radius 1 is 1.57 bits per heavy atom. The molecule has 1 atom stereocenters. The van der Waals surface area contributed by atoms with Crippen molar-refractivity contribution in [2.24, 2.45) is 0 Å². The minimum Gasteiger partial charge on any atom is -0.397 e. The van der Waals surface area contributed by atoms with Gasteiger partial charge in [-0.1, -0.05) is 0 Å². The zero-order valence-electron chi connectivity index (χ0n) is 8.10. The van der Waals surface area contributed by atoms with E-state index < -0.39 is 0 Å². The fourth-order valence-electron chi connectivity index (χ4n) is 1.76. The van der Waals surface area contributed by atoms with E-state index in [1.807, 2.05) is 19.2 Å². The van der Waals surface area contributed by atoms with Crippen molar-refractivity contribution in [1.82, 2.24) is 9.88 Å². The highest BCUT2D eigenvalue weighted by atomic mass is 16.2. The number of rotatable bonds is 1. The molecule has 4 nitrogen and oxygen atoms in total. The number of amides is 1. The summed E-state index contributed by atoms with van der Waals surface area (Å²) in [5.74, 6) is 0.189. The number of nitrogen functional groups attached to an aromatic ring is 1. The molecule has 2 rings (SSSR count). The van der Waals surface area contributed by atoms with Crippen LogP contribution in [0.1, 0.15) is 24.6 Å². The van der Waals surface area contributed by atoms with Crippen molar-refractivity contribution in [2.45, 2.75) is 18.9 Å². The first-order chi connectivity index (χ1) is 6.68. The number of carbonyl (C=O) groups excluding carboxylic acids is 1. The number of carbonyl (C=O) groups is 1. The average molecular weight is 191 g/mol. The van der Waals surface area contributed by atoms with Crippen molar-refractivity contribution in [3.05, 3.63) is 24.0 Å². The number of aromatic nitrogens is 1. The largest absolute Gasteiger partial charge is 0.397 e. The van der Waals surface area contributed by atoms with E-state index in [4.69, 9.17) is 5.73 Å². The van der Waals surface area contributed by atoms with Crippen LogP contribution in [0.2, 0.25) is 0 Å². The lowest BCUT2D eigenvalue weighted by atomic mass is 10.1. The van der Waals surface area contributed by atoms with Crippen LogP contribution in [0.4, 0.5) is 5.69 Å². The zero-order valence-corrected chi connectivity index (χ0v) is 8.10. The lowest BCUT2D eigenvalue weighted by molar-refractivity contribution is -0.127. The van der Waals surface area contributed by atoms with Crippen LogP contribution in [-0.2, 0) is 4.79 Å². The van der Waals surface area contributed by atoms with Gasteiger partial charge >= 0.3 is 0 Å². The first kappa shape index (κ1) is 8.99. The Kier molecular flexibility index (Phi) is 2.11. The van der Waals surface area contributed by atoms with Gasteiger partial charge in [0.05, 0.1) is 23.6 Å². The standard InChI is InChI=1S/C10H13N3O/c1-13-9(4-5-10(13)14)8-3-2-7(11)6-12-8/h2-3,6,9H,4-5,11H2,1H3/t9-/m1/s1. The monoisotopic (exact) mass is 191 g/mol. The third kappa shape index (κ3) is 1.43. The molecule has 14 heavy (non-hydrogen) atoms. The van der Waals surface area contributed by atoms with Crippen LogP contribution < -0.4 is 5.73 Å². The molecule has 0 unspecified atom stereocenters. The molecular formula is C10H13N3O. The SMILES string of the molecule is CN1C(=O)CC[C@@H]1c1ccc(N)cn1. The highest BCUT2D eigenvalue weighted by molar-refractivity contribution is 5.78. The molecule has 1 fully saturated rings. The topological polar surface area (TPSA) is 59.2 Å². The summed E-state index contributed by atoms with van der Waals surface area (Å²) in [5, 5.41) is 0. The zero-order chi connectivity index (χ0) is 10.1. The Morgan fingerprint density at radius 2 is 2.36 bits per heavy atom. The van der Waals surface area contributed by atoms with Crippen LogP contribution in [0.15, 0.2) is 18.3 Å². The third-order valence-electron chi connectivity index (χ3n) is 2.64. The number of nitrogens with zero attached hydrogens (tertiary/aromatic N) is 2. The molecule has 1 saturated heterocycles. The summed E-state index contributed by atoms with van der Waals surface area (Å²) in [4.78, 5) is 17.3. The summed E-state index contributed by atoms with van der Waals surface area (Å²) in [5.41, 5.74) is 7.12. The van der Waals surface area contributed by atoms with Crippen molar-refractivity contribution < 1.29 is 4.79 Å². The predicted molar refractivity (Wildman–Crippen MR) is 53.4 cm³/mol. The summed E-state index contributed by atoms with van der Waals surface area (Å²) in [6.07, 6.45) is 3.10. The molecule has 1 aliphatic rings. The number of hydrogen-bond acceptors (Lipinski definition) is 3. The Bertz CT molecular complexity index is 347. The molecule has 0 aliphatic carbocycles. The van der Waals surface area contributed by atoms with Gasteiger partial charge in [-0.3, -0.25) is 9.78 Å². The van der Waals surface area contributed by atoms with Crippen LogP contribution in [0.25, 0.3) is 0 Å². The molecule has 1 aromatic heterocycles. The molecule has 2 heterocycles. The molecule has 4 heteroatoms. The molecule has 0 spiro atoms. The summed E-state index contributed by atoms with van der Waals surface area (Å²) in [7, 11) is 1.82. The molecule has 2 N–H and O–H groups in total. The second-order valence-electron chi connectivity index (χ2n) is 3.58. The van der Waals surface area contributed by atoms with Crippen LogP contribution in [0.3, 0.4) is 0 Å². The first-order valence-electron chi connectivity index (χ1n) is 4.65. The molecule has 1 amide bonds. The third-order valence-corrected chi connectivity index (χ3v) is 2.64. The summed E-state index contributed by atoms with van der Waals surface area (Å²) < 4.78 is 0. The van der Waals surface area contributed by atoms with Crippen molar-refractivity contribution in [3.63, 3.8) is 0 Å². The van der Waals surface area contributed by atoms with Gasteiger partial charge in [0.1, 0.15) is 0 Å². The minimum atomic E-state index is 0.128. The maximum atomic E-state index is 11.3. The fraction of sp³-hybridized carbons (Fsp3) is 0.400. The highest BCUT2D eigenvalue weighted by Gasteiger charge is 2.29. The van der Waals surface area contributed by atoms with Crippen LogP contribution in [0, 0.1) is 0 Å². The molecule has 0 saturated carbocycles. The molecular weight excluding hydrogens is 178 g/mol. The normalized spacial score (nSPS) is 21.6. The summed E-state index contributed by atoms with van der Waals surface area (Å²) >= 11 is 0. The number of likely N-dealkylation sites (tertiary alicyclic amines) is 1. The first-order valence-corrected chi connectivity index (χ1v) is 4.65. The van der Waals surface area contributed by atoms with Gasteiger partial charge < -0.3 is 10.6 Å². The molecule has 0 aromatic carbocycles. The fourth-order valence-corrected chi connectivity index (χ4v) is 1.76.